The van der Waals surface area contributed by atoms with Crippen molar-refractivity contribution in [2.45, 2.75) is 24.2 Å². The highest BCUT2D eigenvalue weighted by Gasteiger charge is 2.20. The average molecular weight is 307 g/mol. The standard InChI is InChI=1S/C14H17N3O3S/c1-21(19,20)12-7-3-4-9-8-10(5-2-6-11(9)12)13(18)17-14(15)16/h3-4,7-8H,2,5-6H2,1H3,(H4,15,16,17,18). The minimum atomic E-state index is -3.30. The molecule has 0 fully saturated rings. The van der Waals surface area contributed by atoms with Gasteiger partial charge < -0.3 is 11.5 Å². The van der Waals surface area contributed by atoms with Gasteiger partial charge in [-0.15, -0.1) is 0 Å². The normalized spacial score (nSPS) is 14.6. The summed E-state index contributed by atoms with van der Waals surface area (Å²) in [6, 6.07) is 5.04. The van der Waals surface area contributed by atoms with Crippen molar-refractivity contribution < 1.29 is 13.2 Å². The van der Waals surface area contributed by atoms with E-state index in [-0.39, 0.29) is 5.96 Å². The second-order valence-corrected chi connectivity index (χ2v) is 6.95. The zero-order valence-corrected chi connectivity index (χ0v) is 12.5. The molecular formula is C14H17N3O3S. The van der Waals surface area contributed by atoms with Crippen LogP contribution in [0.5, 0.6) is 0 Å². The Labute approximate surface area is 123 Å². The minimum Gasteiger partial charge on any atom is -0.370 e. The summed E-state index contributed by atoms with van der Waals surface area (Å²) in [5.41, 5.74) is 12.4. The van der Waals surface area contributed by atoms with E-state index >= 15 is 0 Å². The van der Waals surface area contributed by atoms with Crippen LogP contribution in [-0.4, -0.2) is 26.5 Å². The number of hydrogen-bond donors (Lipinski definition) is 2. The highest BCUT2D eigenvalue weighted by atomic mass is 32.2. The number of carbonyl (C=O) groups excluding carboxylic acids is 1. The molecule has 2 rings (SSSR count). The summed E-state index contributed by atoms with van der Waals surface area (Å²) in [5, 5.41) is 0. The van der Waals surface area contributed by atoms with Gasteiger partial charge in [0.1, 0.15) is 0 Å². The van der Waals surface area contributed by atoms with Gasteiger partial charge in [0.05, 0.1) is 4.90 Å². The van der Waals surface area contributed by atoms with E-state index in [0.717, 1.165) is 11.1 Å². The van der Waals surface area contributed by atoms with Gasteiger partial charge >= 0.3 is 0 Å². The van der Waals surface area contributed by atoms with E-state index in [1.807, 2.05) is 0 Å². The lowest BCUT2D eigenvalue weighted by molar-refractivity contribution is -0.114. The van der Waals surface area contributed by atoms with Crippen LogP contribution in [0.25, 0.3) is 6.08 Å². The van der Waals surface area contributed by atoms with Crippen molar-refractivity contribution in [1.29, 1.82) is 0 Å². The number of nitrogens with two attached hydrogens (primary N) is 2. The molecule has 1 amide bonds. The van der Waals surface area contributed by atoms with Gasteiger partial charge in [0.15, 0.2) is 15.8 Å². The number of sulfone groups is 1. The molecule has 0 saturated heterocycles. The lowest BCUT2D eigenvalue weighted by Crippen LogP contribution is -2.24. The van der Waals surface area contributed by atoms with Gasteiger partial charge in [0, 0.05) is 11.8 Å². The SMILES string of the molecule is CS(=O)(=O)c1cccc2c1CCCC(C(=O)N=C(N)N)=C2. The fourth-order valence-corrected chi connectivity index (χ4v) is 3.40. The van der Waals surface area contributed by atoms with Crippen LogP contribution in [0.3, 0.4) is 0 Å². The topological polar surface area (TPSA) is 116 Å². The number of hydrogen-bond acceptors (Lipinski definition) is 3. The smallest absolute Gasteiger partial charge is 0.276 e. The fourth-order valence-electron chi connectivity index (χ4n) is 2.41. The van der Waals surface area contributed by atoms with E-state index in [2.05, 4.69) is 4.99 Å². The monoisotopic (exact) mass is 307 g/mol. The summed E-state index contributed by atoms with van der Waals surface area (Å²) < 4.78 is 23.7. The van der Waals surface area contributed by atoms with Crippen LogP contribution in [-0.2, 0) is 21.1 Å². The van der Waals surface area contributed by atoms with Crippen molar-refractivity contribution in [3.8, 4) is 0 Å². The highest BCUT2D eigenvalue weighted by Crippen LogP contribution is 2.28. The van der Waals surface area contributed by atoms with Gasteiger partial charge in [-0.2, -0.15) is 4.99 Å². The van der Waals surface area contributed by atoms with Crippen molar-refractivity contribution in [1.82, 2.24) is 0 Å². The second kappa shape index (κ2) is 5.69. The first-order chi connectivity index (χ1) is 9.79. The molecule has 4 N–H and O–H groups in total. The van der Waals surface area contributed by atoms with Crippen molar-refractivity contribution in [3.63, 3.8) is 0 Å². The summed E-state index contributed by atoms with van der Waals surface area (Å²) in [4.78, 5) is 15.8. The van der Waals surface area contributed by atoms with Gasteiger partial charge in [-0.05, 0) is 42.5 Å². The summed E-state index contributed by atoms with van der Waals surface area (Å²) in [7, 11) is -3.30. The van der Waals surface area contributed by atoms with Gasteiger partial charge in [0.2, 0.25) is 0 Å². The molecule has 7 heteroatoms. The maximum absolute atomic E-state index is 11.9. The molecular weight excluding hydrogens is 290 g/mol. The van der Waals surface area contributed by atoms with Crippen LogP contribution in [0.2, 0.25) is 0 Å². The molecule has 21 heavy (non-hydrogen) atoms. The molecule has 0 radical (unpaired) electrons. The molecule has 0 heterocycles. The molecule has 0 spiro atoms. The predicted molar refractivity (Wildman–Crippen MR) is 81.3 cm³/mol. The molecule has 1 aliphatic rings. The van der Waals surface area contributed by atoms with Crippen LogP contribution in [0.4, 0.5) is 0 Å². The van der Waals surface area contributed by atoms with Crippen molar-refractivity contribution in [2.75, 3.05) is 6.26 Å². The minimum absolute atomic E-state index is 0.282. The highest BCUT2D eigenvalue weighted by molar-refractivity contribution is 7.90. The van der Waals surface area contributed by atoms with Gasteiger partial charge in [-0.1, -0.05) is 12.1 Å². The Balaban J connectivity index is 2.53. The molecule has 0 unspecified atom stereocenters. The number of nitrogens with zero attached hydrogens (tertiary/aromatic N) is 1. The molecule has 0 aliphatic heterocycles. The van der Waals surface area contributed by atoms with Gasteiger partial charge in [0.25, 0.3) is 5.91 Å². The van der Waals surface area contributed by atoms with Crippen LogP contribution in [0.15, 0.2) is 33.7 Å². The Morgan fingerprint density at radius 2 is 1.95 bits per heavy atom. The fraction of sp³-hybridized carbons (Fsp3) is 0.286. The van der Waals surface area contributed by atoms with Crippen molar-refractivity contribution >= 4 is 27.8 Å². The third-order valence-electron chi connectivity index (χ3n) is 3.28. The van der Waals surface area contributed by atoms with E-state index in [0.29, 0.717) is 29.7 Å². The first kappa shape index (κ1) is 15.2. The number of fused-ring (bicyclic) bond motifs is 1. The molecule has 112 valence electrons. The van der Waals surface area contributed by atoms with E-state index in [9.17, 15) is 13.2 Å². The molecule has 1 aliphatic carbocycles. The van der Waals surface area contributed by atoms with E-state index in [1.54, 1.807) is 24.3 Å². The predicted octanol–water partition coefficient (Wildman–Crippen LogP) is 0.610. The Bertz CT molecular complexity index is 745. The van der Waals surface area contributed by atoms with E-state index in [1.165, 1.54) is 6.26 Å². The average Bonchev–Trinajstić information content (AvgIpc) is 2.58. The van der Waals surface area contributed by atoms with Crippen LogP contribution >= 0.6 is 0 Å². The van der Waals surface area contributed by atoms with Crippen LogP contribution < -0.4 is 11.5 Å². The lowest BCUT2D eigenvalue weighted by Gasteiger charge is -2.09. The Morgan fingerprint density at radius 1 is 1.24 bits per heavy atom. The molecule has 0 saturated carbocycles. The summed E-state index contributed by atoms with van der Waals surface area (Å²) in [6.45, 7) is 0. The zero-order valence-electron chi connectivity index (χ0n) is 11.7. The Hall–Kier alpha value is -2.15. The first-order valence-corrected chi connectivity index (χ1v) is 8.34. The summed E-state index contributed by atoms with van der Waals surface area (Å²) in [6.07, 6.45) is 4.62. The number of amides is 1. The maximum atomic E-state index is 11.9. The molecule has 1 aromatic carbocycles. The Morgan fingerprint density at radius 3 is 2.57 bits per heavy atom. The first-order valence-electron chi connectivity index (χ1n) is 6.45. The van der Waals surface area contributed by atoms with Crippen molar-refractivity contribution in [3.05, 3.63) is 34.9 Å². The third kappa shape index (κ3) is 3.49. The lowest BCUT2D eigenvalue weighted by atomic mass is 10.0. The van der Waals surface area contributed by atoms with E-state index in [4.69, 9.17) is 11.5 Å². The summed E-state index contributed by atoms with van der Waals surface area (Å²) >= 11 is 0. The summed E-state index contributed by atoms with van der Waals surface area (Å²) in [5.74, 6) is -0.761. The van der Waals surface area contributed by atoms with E-state index < -0.39 is 15.7 Å². The second-order valence-electron chi connectivity index (χ2n) is 4.96. The third-order valence-corrected chi connectivity index (χ3v) is 4.46. The molecule has 1 aromatic rings. The molecule has 0 atom stereocenters. The number of benzene rings is 1. The quantitative estimate of drug-likeness (QED) is 0.613. The van der Waals surface area contributed by atoms with Crippen LogP contribution in [0.1, 0.15) is 24.0 Å². The maximum Gasteiger partial charge on any atom is 0.276 e. The number of carbonyl (C=O) groups is 1. The van der Waals surface area contributed by atoms with Gasteiger partial charge in [-0.25, -0.2) is 8.42 Å². The van der Waals surface area contributed by atoms with Crippen molar-refractivity contribution in [2.24, 2.45) is 16.5 Å². The molecule has 6 nitrogen and oxygen atoms in total. The number of guanidine groups is 1. The number of rotatable bonds is 2. The molecule has 0 bridgehead atoms. The number of aliphatic imine (C=N–C) groups is 1. The molecule has 0 aromatic heterocycles. The largest absolute Gasteiger partial charge is 0.370 e. The van der Waals surface area contributed by atoms with Crippen LogP contribution in [0, 0.1) is 0 Å². The van der Waals surface area contributed by atoms with Gasteiger partial charge in [-0.3, -0.25) is 4.79 Å². The Kier molecular flexibility index (Phi) is 4.13. The zero-order chi connectivity index (χ0) is 15.6.